The Hall–Kier alpha value is -1.89. The second-order valence-electron chi connectivity index (χ2n) is 4.63. The fraction of sp³-hybridized carbons (Fsp3) is 0.545. The Morgan fingerprint density at radius 3 is 2.61 bits per heavy atom. The summed E-state index contributed by atoms with van der Waals surface area (Å²) in [5, 5.41) is 12.0. The maximum absolute atomic E-state index is 11.7. The molecule has 1 saturated carbocycles. The van der Waals surface area contributed by atoms with Crippen molar-refractivity contribution in [2.24, 2.45) is 0 Å². The third kappa shape index (κ3) is 2.67. The van der Waals surface area contributed by atoms with Gasteiger partial charge in [-0.3, -0.25) is 14.6 Å². The van der Waals surface area contributed by atoms with Crippen molar-refractivity contribution in [3.05, 3.63) is 32.6 Å². The summed E-state index contributed by atoms with van der Waals surface area (Å²) in [5.74, 6) is -0.315. The first kappa shape index (κ1) is 12.6. The fourth-order valence-electron chi connectivity index (χ4n) is 2.05. The average molecular weight is 253 g/mol. The van der Waals surface area contributed by atoms with Gasteiger partial charge >= 0.3 is 5.69 Å². The summed E-state index contributed by atoms with van der Waals surface area (Å²) in [6.07, 6.45) is 2.39. The number of H-pyrrole nitrogens is 2. The predicted octanol–water partition coefficient (Wildman–Crippen LogP) is -1.36. The Labute approximate surface area is 102 Å². The lowest BCUT2D eigenvalue weighted by atomic mass is 9.77. The number of hydrogen-bond donors (Lipinski definition) is 4. The topological polar surface area (TPSA) is 115 Å². The van der Waals surface area contributed by atoms with E-state index in [4.69, 9.17) is 0 Å². The van der Waals surface area contributed by atoms with Crippen molar-refractivity contribution in [1.82, 2.24) is 15.3 Å². The van der Waals surface area contributed by atoms with E-state index in [1.807, 2.05) is 4.98 Å². The zero-order valence-corrected chi connectivity index (χ0v) is 9.78. The minimum Gasteiger partial charge on any atom is -0.394 e. The summed E-state index contributed by atoms with van der Waals surface area (Å²) in [6, 6.07) is 1.17. The Kier molecular flexibility index (Phi) is 3.33. The van der Waals surface area contributed by atoms with E-state index in [9.17, 15) is 19.5 Å². The second kappa shape index (κ2) is 4.77. The lowest BCUT2D eigenvalue weighted by Crippen LogP contribution is -2.56. The van der Waals surface area contributed by atoms with Gasteiger partial charge in [0.1, 0.15) is 0 Å². The number of hydrogen-bond acceptors (Lipinski definition) is 4. The third-order valence-corrected chi connectivity index (χ3v) is 3.19. The molecule has 4 N–H and O–H groups in total. The molecule has 2 rings (SSSR count). The van der Waals surface area contributed by atoms with Crippen LogP contribution in [0.25, 0.3) is 0 Å². The molecule has 0 aromatic carbocycles. The molecule has 0 radical (unpaired) electrons. The van der Waals surface area contributed by atoms with Gasteiger partial charge in [-0.2, -0.15) is 0 Å². The summed E-state index contributed by atoms with van der Waals surface area (Å²) < 4.78 is 0. The zero-order chi connectivity index (χ0) is 13.2. The summed E-state index contributed by atoms with van der Waals surface area (Å²) in [6.45, 7) is -0.0926. The van der Waals surface area contributed by atoms with E-state index in [0.717, 1.165) is 19.3 Å². The molecule has 0 spiro atoms. The molecule has 1 fully saturated rings. The summed E-state index contributed by atoms with van der Waals surface area (Å²) in [5.41, 5.74) is -1.43. The van der Waals surface area contributed by atoms with Crippen LogP contribution in [0.5, 0.6) is 0 Å². The van der Waals surface area contributed by atoms with Gasteiger partial charge in [-0.05, 0) is 19.3 Å². The molecule has 0 unspecified atom stereocenters. The van der Waals surface area contributed by atoms with E-state index < -0.39 is 16.8 Å². The molecule has 1 aromatic heterocycles. The Morgan fingerprint density at radius 1 is 1.39 bits per heavy atom. The molecule has 7 heteroatoms. The monoisotopic (exact) mass is 253 g/mol. The second-order valence-corrected chi connectivity index (χ2v) is 4.63. The number of aromatic amines is 2. The minimum absolute atomic E-state index is 0.0824. The Bertz CT molecular complexity index is 522. The van der Waals surface area contributed by atoms with E-state index in [-0.39, 0.29) is 24.6 Å². The number of aliphatic hydroxyl groups excluding tert-OH is 1. The van der Waals surface area contributed by atoms with Crippen LogP contribution in [0.4, 0.5) is 0 Å². The van der Waals surface area contributed by atoms with Crippen molar-refractivity contribution in [3.8, 4) is 0 Å². The van der Waals surface area contributed by atoms with Gasteiger partial charge in [0, 0.05) is 11.8 Å². The highest BCUT2D eigenvalue weighted by Gasteiger charge is 2.37. The largest absolute Gasteiger partial charge is 0.394 e. The first-order valence-electron chi connectivity index (χ1n) is 5.77. The quantitative estimate of drug-likeness (QED) is 0.530. The molecule has 18 heavy (non-hydrogen) atoms. The van der Waals surface area contributed by atoms with E-state index in [0.29, 0.717) is 0 Å². The van der Waals surface area contributed by atoms with E-state index in [1.165, 1.54) is 6.07 Å². The standard InChI is InChI=1S/C11H15N3O4/c15-6-11(2-1-3-11)14-9(17)5-7-4-8(16)13-10(18)12-7/h4,15H,1-3,5-6H2,(H,14,17)(H2,12,13,16,18). The van der Waals surface area contributed by atoms with Gasteiger partial charge in [-0.25, -0.2) is 4.79 Å². The summed E-state index contributed by atoms with van der Waals surface area (Å²) in [7, 11) is 0. The van der Waals surface area contributed by atoms with E-state index in [2.05, 4.69) is 10.3 Å². The van der Waals surface area contributed by atoms with Gasteiger partial charge in [0.15, 0.2) is 0 Å². The number of nitrogens with one attached hydrogen (secondary N) is 3. The number of aromatic nitrogens is 2. The molecule has 7 nitrogen and oxygen atoms in total. The first-order chi connectivity index (χ1) is 8.53. The SMILES string of the molecule is O=C(Cc1cc(=O)[nH]c(=O)[nH]1)NC1(CO)CCC1. The van der Waals surface area contributed by atoms with Crippen LogP contribution in [0.2, 0.25) is 0 Å². The van der Waals surface area contributed by atoms with Crippen LogP contribution in [-0.4, -0.2) is 33.1 Å². The van der Waals surface area contributed by atoms with E-state index >= 15 is 0 Å². The van der Waals surface area contributed by atoms with Crippen LogP contribution >= 0.6 is 0 Å². The molecule has 1 aliphatic carbocycles. The molecule has 0 saturated heterocycles. The first-order valence-corrected chi connectivity index (χ1v) is 5.77. The average Bonchev–Trinajstić information content (AvgIpc) is 2.21. The molecule has 1 amide bonds. The lowest BCUT2D eigenvalue weighted by Gasteiger charge is -2.40. The molecule has 1 aromatic rings. The highest BCUT2D eigenvalue weighted by atomic mass is 16.3. The highest BCUT2D eigenvalue weighted by molar-refractivity contribution is 5.79. The molecule has 1 heterocycles. The van der Waals surface area contributed by atoms with Crippen LogP contribution in [-0.2, 0) is 11.2 Å². The maximum atomic E-state index is 11.7. The molecular weight excluding hydrogens is 238 g/mol. The van der Waals surface area contributed by atoms with Gasteiger partial charge in [0.2, 0.25) is 5.91 Å². The Morgan fingerprint density at radius 2 is 2.11 bits per heavy atom. The number of amides is 1. The van der Waals surface area contributed by atoms with Crippen LogP contribution in [0.1, 0.15) is 25.0 Å². The molecule has 98 valence electrons. The summed E-state index contributed by atoms with van der Waals surface area (Å²) in [4.78, 5) is 38.2. The van der Waals surface area contributed by atoms with Crippen molar-refractivity contribution < 1.29 is 9.90 Å². The molecule has 1 aliphatic rings. The van der Waals surface area contributed by atoms with Crippen LogP contribution in [0.15, 0.2) is 15.7 Å². The predicted molar refractivity (Wildman–Crippen MR) is 63.2 cm³/mol. The molecule has 0 aliphatic heterocycles. The van der Waals surface area contributed by atoms with E-state index in [1.54, 1.807) is 0 Å². The van der Waals surface area contributed by atoms with Gasteiger partial charge in [0.25, 0.3) is 5.56 Å². The van der Waals surface area contributed by atoms with Crippen molar-refractivity contribution in [2.75, 3.05) is 6.61 Å². The summed E-state index contributed by atoms with van der Waals surface area (Å²) >= 11 is 0. The zero-order valence-electron chi connectivity index (χ0n) is 9.78. The highest BCUT2D eigenvalue weighted by Crippen LogP contribution is 2.31. The van der Waals surface area contributed by atoms with Crippen molar-refractivity contribution in [1.29, 1.82) is 0 Å². The third-order valence-electron chi connectivity index (χ3n) is 3.19. The maximum Gasteiger partial charge on any atom is 0.325 e. The number of carbonyl (C=O) groups excluding carboxylic acids is 1. The van der Waals surface area contributed by atoms with Crippen LogP contribution in [0, 0.1) is 0 Å². The minimum atomic E-state index is -0.634. The number of rotatable bonds is 4. The van der Waals surface area contributed by atoms with Gasteiger partial charge < -0.3 is 15.4 Å². The smallest absolute Gasteiger partial charge is 0.325 e. The molecule has 0 bridgehead atoms. The number of aliphatic hydroxyl groups is 1. The van der Waals surface area contributed by atoms with Crippen molar-refractivity contribution in [2.45, 2.75) is 31.2 Å². The number of carbonyl (C=O) groups is 1. The fourth-order valence-corrected chi connectivity index (χ4v) is 2.05. The molecule has 0 atom stereocenters. The van der Waals surface area contributed by atoms with Gasteiger partial charge in [-0.15, -0.1) is 0 Å². The van der Waals surface area contributed by atoms with Gasteiger partial charge in [-0.1, -0.05) is 0 Å². The molecular formula is C11H15N3O4. The Balaban J connectivity index is 2.03. The normalized spacial score (nSPS) is 16.9. The van der Waals surface area contributed by atoms with Gasteiger partial charge in [0.05, 0.1) is 18.6 Å². The van der Waals surface area contributed by atoms with Crippen molar-refractivity contribution >= 4 is 5.91 Å². The van der Waals surface area contributed by atoms with Crippen LogP contribution in [0.3, 0.4) is 0 Å². The van der Waals surface area contributed by atoms with Crippen LogP contribution < -0.4 is 16.6 Å². The van der Waals surface area contributed by atoms with Crippen molar-refractivity contribution in [3.63, 3.8) is 0 Å². The lowest BCUT2D eigenvalue weighted by molar-refractivity contribution is -0.124.